The van der Waals surface area contributed by atoms with Gasteiger partial charge in [-0.2, -0.15) is 4.31 Å². The first-order chi connectivity index (χ1) is 11.9. The molecule has 1 heterocycles. The Kier molecular flexibility index (Phi) is 5.57. The summed E-state index contributed by atoms with van der Waals surface area (Å²) >= 11 is 0. The van der Waals surface area contributed by atoms with Crippen LogP contribution in [-0.4, -0.2) is 43.8 Å². The van der Waals surface area contributed by atoms with Crippen molar-refractivity contribution in [2.24, 2.45) is 0 Å². The van der Waals surface area contributed by atoms with Crippen molar-refractivity contribution in [3.63, 3.8) is 0 Å². The second-order valence-electron chi connectivity index (χ2n) is 6.84. The lowest BCUT2D eigenvalue weighted by atomic mass is 10.1. The number of hydrogen-bond donors (Lipinski definition) is 0. The van der Waals surface area contributed by atoms with Gasteiger partial charge in [0.1, 0.15) is 0 Å². The molecule has 1 aliphatic rings. The van der Waals surface area contributed by atoms with E-state index in [0.717, 1.165) is 30.8 Å². The smallest absolute Gasteiger partial charge is 0.218 e. The fraction of sp³-hybridized carbons (Fsp3) is 0.400. The molecule has 1 aliphatic heterocycles. The highest BCUT2D eigenvalue weighted by Gasteiger charge is 2.27. The summed E-state index contributed by atoms with van der Waals surface area (Å²) in [5.74, 6) is 0.0884. The highest BCUT2D eigenvalue weighted by atomic mass is 32.2. The van der Waals surface area contributed by atoms with Crippen molar-refractivity contribution < 1.29 is 8.42 Å². The van der Waals surface area contributed by atoms with Crippen LogP contribution in [-0.2, 0) is 22.3 Å². The quantitative estimate of drug-likeness (QED) is 0.825. The number of hydrogen-bond acceptors (Lipinski definition) is 3. The van der Waals surface area contributed by atoms with Crippen LogP contribution < -0.4 is 0 Å². The van der Waals surface area contributed by atoms with Gasteiger partial charge in [-0.1, -0.05) is 54.1 Å². The first-order valence-corrected chi connectivity index (χ1v) is 10.4. The summed E-state index contributed by atoms with van der Waals surface area (Å²) in [7, 11) is -3.25. The monoisotopic (exact) mass is 358 g/mol. The largest absolute Gasteiger partial charge is 0.296 e. The molecule has 4 nitrogen and oxygen atoms in total. The molecule has 0 aliphatic carbocycles. The molecule has 0 bridgehead atoms. The zero-order valence-electron chi connectivity index (χ0n) is 15.0. The lowest BCUT2D eigenvalue weighted by molar-refractivity contribution is 0.181. The molecule has 1 fully saturated rings. The van der Waals surface area contributed by atoms with Crippen LogP contribution in [0.4, 0.5) is 0 Å². The SMILES string of the molecule is Cc1ccc(CS(=O)(=O)N2CCN(Cc3ccccc3C)CC2)cc1. The molecule has 25 heavy (non-hydrogen) atoms. The molecule has 0 saturated carbocycles. The normalized spacial score (nSPS) is 16.9. The number of nitrogens with zero attached hydrogens (tertiary/aromatic N) is 2. The molecule has 0 atom stereocenters. The molecule has 5 heteroatoms. The third kappa shape index (κ3) is 4.69. The van der Waals surface area contributed by atoms with Gasteiger partial charge in [0.25, 0.3) is 0 Å². The number of rotatable bonds is 5. The fourth-order valence-electron chi connectivity index (χ4n) is 3.18. The zero-order chi connectivity index (χ0) is 17.9. The third-order valence-corrected chi connectivity index (χ3v) is 6.70. The Morgan fingerprint density at radius 2 is 1.52 bits per heavy atom. The van der Waals surface area contributed by atoms with Crippen molar-refractivity contribution in [3.8, 4) is 0 Å². The van der Waals surface area contributed by atoms with E-state index >= 15 is 0 Å². The minimum Gasteiger partial charge on any atom is -0.296 e. The van der Waals surface area contributed by atoms with Crippen molar-refractivity contribution >= 4 is 10.0 Å². The average molecular weight is 359 g/mol. The van der Waals surface area contributed by atoms with Crippen LogP contribution in [0.5, 0.6) is 0 Å². The molecule has 0 spiro atoms. The lowest BCUT2D eigenvalue weighted by Gasteiger charge is -2.34. The van der Waals surface area contributed by atoms with Gasteiger partial charge in [-0.05, 0) is 30.5 Å². The number of piperazine rings is 1. The van der Waals surface area contributed by atoms with Crippen molar-refractivity contribution in [3.05, 3.63) is 70.8 Å². The highest BCUT2D eigenvalue weighted by Crippen LogP contribution is 2.17. The lowest BCUT2D eigenvalue weighted by Crippen LogP contribution is -2.48. The summed E-state index contributed by atoms with van der Waals surface area (Å²) in [6, 6.07) is 16.1. The summed E-state index contributed by atoms with van der Waals surface area (Å²) in [6.45, 7) is 7.71. The molecular formula is C20H26N2O2S. The summed E-state index contributed by atoms with van der Waals surface area (Å²) < 4.78 is 27.0. The molecular weight excluding hydrogens is 332 g/mol. The van der Waals surface area contributed by atoms with Gasteiger partial charge in [-0.3, -0.25) is 4.90 Å². The first-order valence-electron chi connectivity index (χ1n) is 8.74. The van der Waals surface area contributed by atoms with E-state index in [1.165, 1.54) is 11.1 Å². The van der Waals surface area contributed by atoms with E-state index in [-0.39, 0.29) is 5.75 Å². The minimum absolute atomic E-state index is 0.0884. The molecule has 0 radical (unpaired) electrons. The van der Waals surface area contributed by atoms with Crippen molar-refractivity contribution in [2.75, 3.05) is 26.2 Å². The van der Waals surface area contributed by atoms with Crippen LogP contribution in [0.25, 0.3) is 0 Å². The van der Waals surface area contributed by atoms with E-state index in [2.05, 4.69) is 36.1 Å². The topological polar surface area (TPSA) is 40.6 Å². The predicted molar refractivity (Wildman–Crippen MR) is 102 cm³/mol. The van der Waals surface area contributed by atoms with Gasteiger partial charge in [0.2, 0.25) is 10.0 Å². The summed E-state index contributed by atoms with van der Waals surface area (Å²) in [5, 5.41) is 0. The second kappa shape index (κ2) is 7.68. The predicted octanol–water partition coefficient (Wildman–Crippen LogP) is 2.95. The van der Waals surface area contributed by atoms with Crippen LogP contribution in [0.3, 0.4) is 0 Å². The van der Waals surface area contributed by atoms with E-state index in [9.17, 15) is 8.42 Å². The maximum absolute atomic E-state index is 12.7. The van der Waals surface area contributed by atoms with Gasteiger partial charge in [0.15, 0.2) is 0 Å². The summed E-state index contributed by atoms with van der Waals surface area (Å²) in [6.07, 6.45) is 0. The number of sulfonamides is 1. The van der Waals surface area contributed by atoms with Crippen LogP contribution in [0.15, 0.2) is 48.5 Å². The van der Waals surface area contributed by atoms with E-state index < -0.39 is 10.0 Å². The summed E-state index contributed by atoms with van der Waals surface area (Å²) in [4.78, 5) is 2.33. The van der Waals surface area contributed by atoms with Gasteiger partial charge in [-0.25, -0.2) is 8.42 Å². The molecule has 0 N–H and O–H groups in total. The van der Waals surface area contributed by atoms with Crippen molar-refractivity contribution in [2.45, 2.75) is 26.1 Å². The van der Waals surface area contributed by atoms with Gasteiger partial charge in [0, 0.05) is 32.7 Å². The van der Waals surface area contributed by atoms with Crippen LogP contribution in [0.2, 0.25) is 0 Å². The Labute approximate surface area is 151 Å². The summed E-state index contributed by atoms with van der Waals surface area (Å²) in [5.41, 5.74) is 4.61. The fourth-order valence-corrected chi connectivity index (χ4v) is 4.70. The Hall–Kier alpha value is -1.69. The van der Waals surface area contributed by atoms with Crippen LogP contribution >= 0.6 is 0 Å². The maximum atomic E-state index is 12.7. The highest BCUT2D eigenvalue weighted by molar-refractivity contribution is 7.88. The maximum Gasteiger partial charge on any atom is 0.218 e. The standard InChI is InChI=1S/C20H26N2O2S/c1-17-7-9-19(10-8-17)16-25(23,24)22-13-11-21(12-14-22)15-20-6-4-3-5-18(20)2/h3-10H,11-16H2,1-2H3. The van der Waals surface area contributed by atoms with E-state index in [4.69, 9.17) is 0 Å². The minimum atomic E-state index is -3.25. The average Bonchev–Trinajstić information content (AvgIpc) is 2.59. The van der Waals surface area contributed by atoms with Crippen LogP contribution in [0.1, 0.15) is 22.3 Å². The molecule has 0 amide bonds. The van der Waals surface area contributed by atoms with Gasteiger partial charge >= 0.3 is 0 Å². The Morgan fingerprint density at radius 1 is 0.880 bits per heavy atom. The molecule has 0 aromatic heterocycles. The van der Waals surface area contributed by atoms with Crippen LogP contribution in [0, 0.1) is 13.8 Å². The van der Waals surface area contributed by atoms with E-state index in [0.29, 0.717) is 13.1 Å². The zero-order valence-corrected chi connectivity index (χ0v) is 15.8. The molecule has 1 saturated heterocycles. The molecule has 2 aromatic carbocycles. The third-order valence-electron chi connectivity index (χ3n) is 4.85. The van der Waals surface area contributed by atoms with Gasteiger partial charge in [-0.15, -0.1) is 0 Å². The molecule has 3 rings (SSSR count). The van der Waals surface area contributed by atoms with E-state index in [1.807, 2.05) is 31.2 Å². The second-order valence-corrected chi connectivity index (χ2v) is 8.81. The Morgan fingerprint density at radius 3 is 2.16 bits per heavy atom. The Balaban J connectivity index is 1.57. The molecule has 134 valence electrons. The first kappa shape index (κ1) is 18.1. The van der Waals surface area contributed by atoms with Gasteiger partial charge in [0.05, 0.1) is 5.75 Å². The number of aryl methyl sites for hydroxylation is 2. The van der Waals surface area contributed by atoms with E-state index in [1.54, 1.807) is 4.31 Å². The Bertz CT molecular complexity index is 808. The number of benzene rings is 2. The van der Waals surface area contributed by atoms with Crippen molar-refractivity contribution in [1.82, 2.24) is 9.21 Å². The van der Waals surface area contributed by atoms with Crippen molar-refractivity contribution in [1.29, 1.82) is 0 Å². The molecule has 2 aromatic rings. The molecule has 0 unspecified atom stereocenters. The van der Waals surface area contributed by atoms with Gasteiger partial charge < -0.3 is 0 Å².